The standard InChI is InChI=1S/C20H27ClN4O/c1-3-15-12-23-20(24-13-15)25(17-7-9-22-10-8-17)14-16-5-6-18(21)19(11-16)26-4-2/h5-6,11-13,17,22H,3-4,7-10,14H2,1-2H3. The van der Waals surface area contributed by atoms with Crippen molar-refractivity contribution in [2.45, 2.75) is 45.7 Å². The Kier molecular flexibility index (Phi) is 6.69. The lowest BCUT2D eigenvalue weighted by Gasteiger charge is -2.35. The molecule has 1 saturated heterocycles. The summed E-state index contributed by atoms with van der Waals surface area (Å²) in [5.41, 5.74) is 2.31. The molecule has 0 aliphatic carbocycles. The monoisotopic (exact) mass is 374 g/mol. The number of hydrogen-bond acceptors (Lipinski definition) is 5. The molecular weight excluding hydrogens is 348 g/mol. The predicted molar refractivity (Wildman–Crippen MR) is 106 cm³/mol. The molecule has 1 aromatic carbocycles. The van der Waals surface area contributed by atoms with Crippen LogP contribution >= 0.6 is 11.6 Å². The van der Waals surface area contributed by atoms with Crippen LogP contribution in [0.3, 0.4) is 0 Å². The summed E-state index contributed by atoms with van der Waals surface area (Å²) in [5, 5.41) is 4.08. The minimum Gasteiger partial charge on any atom is -0.492 e. The quantitative estimate of drug-likeness (QED) is 0.797. The number of piperidine rings is 1. The summed E-state index contributed by atoms with van der Waals surface area (Å²) in [4.78, 5) is 11.6. The molecule has 140 valence electrons. The summed E-state index contributed by atoms with van der Waals surface area (Å²) >= 11 is 6.24. The Morgan fingerprint density at radius 1 is 1.15 bits per heavy atom. The molecule has 6 heteroatoms. The van der Waals surface area contributed by atoms with Crippen LogP contribution in [0, 0.1) is 0 Å². The fourth-order valence-corrected chi connectivity index (χ4v) is 3.44. The minimum absolute atomic E-state index is 0.426. The first-order valence-electron chi connectivity index (χ1n) is 9.40. The molecular formula is C20H27ClN4O. The first-order valence-corrected chi connectivity index (χ1v) is 9.78. The number of nitrogens with zero attached hydrogens (tertiary/aromatic N) is 3. The SMILES string of the molecule is CCOc1cc(CN(c2ncc(CC)cn2)C2CCNCC2)ccc1Cl. The van der Waals surface area contributed by atoms with Gasteiger partial charge in [0.25, 0.3) is 0 Å². The number of rotatable bonds is 7. The first-order chi connectivity index (χ1) is 12.7. The zero-order valence-corrected chi connectivity index (χ0v) is 16.3. The maximum Gasteiger partial charge on any atom is 0.225 e. The van der Waals surface area contributed by atoms with Crippen LogP contribution in [-0.2, 0) is 13.0 Å². The van der Waals surface area contributed by atoms with Crippen molar-refractivity contribution in [3.05, 3.63) is 46.7 Å². The van der Waals surface area contributed by atoms with E-state index in [1.54, 1.807) is 0 Å². The van der Waals surface area contributed by atoms with E-state index in [0.717, 1.165) is 61.7 Å². The fraction of sp³-hybridized carbons (Fsp3) is 0.500. The smallest absolute Gasteiger partial charge is 0.225 e. The summed E-state index contributed by atoms with van der Waals surface area (Å²) in [5.74, 6) is 1.53. The molecule has 3 rings (SSSR count). The second kappa shape index (κ2) is 9.19. The summed E-state index contributed by atoms with van der Waals surface area (Å²) < 4.78 is 5.65. The van der Waals surface area contributed by atoms with Gasteiger partial charge in [-0.05, 0) is 62.5 Å². The van der Waals surface area contributed by atoms with Gasteiger partial charge in [-0.3, -0.25) is 0 Å². The number of ether oxygens (including phenoxy) is 1. The van der Waals surface area contributed by atoms with Gasteiger partial charge in [-0.2, -0.15) is 0 Å². The first kappa shape index (κ1) is 18.9. The highest BCUT2D eigenvalue weighted by atomic mass is 35.5. The van der Waals surface area contributed by atoms with Crippen LogP contribution in [0.5, 0.6) is 5.75 Å². The Labute approximate surface area is 160 Å². The van der Waals surface area contributed by atoms with Gasteiger partial charge in [0.05, 0.1) is 11.6 Å². The Morgan fingerprint density at radius 2 is 1.88 bits per heavy atom. The van der Waals surface area contributed by atoms with E-state index in [-0.39, 0.29) is 0 Å². The van der Waals surface area contributed by atoms with Gasteiger partial charge in [-0.1, -0.05) is 24.6 Å². The highest BCUT2D eigenvalue weighted by molar-refractivity contribution is 6.32. The van der Waals surface area contributed by atoms with Crippen LogP contribution in [-0.4, -0.2) is 35.7 Å². The maximum absolute atomic E-state index is 6.24. The number of aryl methyl sites for hydroxylation is 1. The topological polar surface area (TPSA) is 50.3 Å². The number of nitrogens with one attached hydrogen (secondary N) is 1. The number of anilines is 1. The van der Waals surface area contributed by atoms with Crippen LogP contribution < -0.4 is 15.0 Å². The molecule has 26 heavy (non-hydrogen) atoms. The second-order valence-electron chi connectivity index (χ2n) is 6.55. The Balaban J connectivity index is 1.86. The molecule has 1 aromatic heterocycles. The van der Waals surface area contributed by atoms with E-state index < -0.39 is 0 Å². The molecule has 5 nitrogen and oxygen atoms in total. The van der Waals surface area contributed by atoms with E-state index in [9.17, 15) is 0 Å². The van der Waals surface area contributed by atoms with E-state index in [1.807, 2.05) is 31.5 Å². The Morgan fingerprint density at radius 3 is 2.54 bits per heavy atom. The lowest BCUT2D eigenvalue weighted by Crippen LogP contribution is -2.43. The van der Waals surface area contributed by atoms with E-state index in [4.69, 9.17) is 16.3 Å². The molecule has 0 unspecified atom stereocenters. The second-order valence-corrected chi connectivity index (χ2v) is 6.96. The Bertz CT molecular complexity index is 701. The molecule has 0 atom stereocenters. The Hall–Kier alpha value is -1.85. The van der Waals surface area contributed by atoms with Crippen LogP contribution in [0.25, 0.3) is 0 Å². The van der Waals surface area contributed by atoms with Gasteiger partial charge in [0.15, 0.2) is 0 Å². The zero-order valence-electron chi connectivity index (χ0n) is 15.5. The molecule has 2 aromatic rings. The molecule has 2 heterocycles. The molecule has 0 amide bonds. The number of aromatic nitrogens is 2. The number of halogens is 1. The summed E-state index contributed by atoms with van der Waals surface area (Å²) in [6.07, 6.45) is 6.99. The third kappa shape index (κ3) is 4.65. The van der Waals surface area contributed by atoms with Crippen molar-refractivity contribution in [3.8, 4) is 5.75 Å². The van der Waals surface area contributed by atoms with Crippen LogP contribution in [0.2, 0.25) is 5.02 Å². The molecule has 0 bridgehead atoms. The van der Waals surface area contributed by atoms with Gasteiger partial charge >= 0.3 is 0 Å². The van der Waals surface area contributed by atoms with E-state index in [1.165, 1.54) is 0 Å². The highest BCUT2D eigenvalue weighted by Crippen LogP contribution is 2.28. The van der Waals surface area contributed by atoms with Gasteiger partial charge in [-0.25, -0.2) is 9.97 Å². The van der Waals surface area contributed by atoms with Crippen molar-refractivity contribution in [1.82, 2.24) is 15.3 Å². The van der Waals surface area contributed by atoms with Gasteiger partial charge in [0.1, 0.15) is 5.75 Å². The third-order valence-electron chi connectivity index (χ3n) is 4.75. The molecule has 0 saturated carbocycles. The third-order valence-corrected chi connectivity index (χ3v) is 5.07. The van der Waals surface area contributed by atoms with Crippen molar-refractivity contribution in [1.29, 1.82) is 0 Å². The molecule has 0 radical (unpaired) electrons. The molecule has 1 aliphatic rings. The van der Waals surface area contributed by atoms with Crippen LogP contribution in [0.15, 0.2) is 30.6 Å². The van der Waals surface area contributed by atoms with Crippen molar-refractivity contribution in [2.24, 2.45) is 0 Å². The van der Waals surface area contributed by atoms with Gasteiger partial charge in [0.2, 0.25) is 5.95 Å². The average molecular weight is 375 g/mol. The molecule has 1 N–H and O–H groups in total. The molecule has 0 spiro atoms. The number of hydrogen-bond donors (Lipinski definition) is 1. The summed E-state index contributed by atoms with van der Waals surface area (Å²) in [7, 11) is 0. The van der Waals surface area contributed by atoms with Crippen molar-refractivity contribution >= 4 is 17.5 Å². The maximum atomic E-state index is 6.24. The largest absolute Gasteiger partial charge is 0.492 e. The van der Waals surface area contributed by atoms with E-state index in [0.29, 0.717) is 17.7 Å². The average Bonchev–Trinajstić information content (AvgIpc) is 2.69. The normalized spacial score (nSPS) is 15.0. The van der Waals surface area contributed by atoms with Gasteiger partial charge in [-0.15, -0.1) is 0 Å². The van der Waals surface area contributed by atoms with Crippen LogP contribution in [0.4, 0.5) is 5.95 Å². The highest BCUT2D eigenvalue weighted by Gasteiger charge is 2.23. The van der Waals surface area contributed by atoms with E-state index in [2.05, 4.69) is 33.2 Å². The van der Waals surface area contributed by atoms with Crippen molar-refractivity contribution in [3.63, 3.8) is 0 Å². The number of benzene rings is 1. The lowest BCUT2D eigenvalue weighted by molar-refractivity contribution is 0.340. The van der Waals surface area contributed by atoms with E-state index >= 15 is 0 Å². The molecule has 1 aliphatic heterocycles. The van der Waals surface area contributed by atoms with Crippen LogP contribution in [0.1, 0.15) is 37.8 Å². The van der Waals surface area contributed by atoms with Gasteiger partial charge < -0.3 is 15.0 Å². The lowest BCUT2D eigenvalue weighted by atomic mass is 10.0. The zero-order chi connectivity index (χ0) is 18.4. The van der Waals surface area contributed by atoms with Gasteiger partial charge in [0, 0.05) is 25.0 Å². The fourth-order valence-electron chi connectivity index (χ4n) is 3.27. The molecule has 1 fully saturated rings. The van der Waals surface area contributed by atoms with Crippen molar-refractivity contribution in [2.75, 3.05) is 24.6 Å². The summed E-state index contributed by atoms with van der Waals surface area (Å²) in [6.45, 7) is 7.48. The van der Waals surface area contributed by atoms with Crippen molar-refractivity contribution < 1.29 is 4.74 Å². The predicted octanol–water partition coefficient (Wildman–Crippen LogP) is 3.85. The summed E-state index contributed by atoms with van der Waals surface area (Å²) in [6, 6.07) is 6.42. The minimum atomic E-state index is 0.426.